The summed E-state index contributed by atoms with van der Waals surface area (Å²) in [4.78, 5) is 12.9. The lowest BCUT2D eigenvalue weighted by molar-refractivity contribution is 0.343. The van der Waals surface area contributed by atoms with E-state index in [4.69, 9.17) is 4.52 Å². The molecule has 1 saturated heterocycles. The Labute approximate surface area is 145 Å². The molecule has 0 bridgehead atoms. The van der Waals surface area contributed by atoms with E-state index in [-0.39, 0.29) is 6.04 Å². The Morgan fingerprint density at radius 3 is 2.72 bits per heavy atom. The van der Waals surface area contributed by atoms with Crippen molar-refractivity contribution in [3.63, 3.8) is 0 Å². The highest BCUT2D eigenvalue weighted by molar-refractivity contribution is 5.50. The minimum atomic E-state index is 0.140. The first-order chi connectivity index (χ1) is 12.3. The minimum absolute atomic E-state index is 0.140. The maximum atomic E-state index is 5.39. The Morgan fingerprint density at radius 2 is 2.04 bits per heavy atom. The van der Waals surface area contributed by atoms with Gasteiger partial charge in [0.05, 0.1) is 6.04 Å². The molecule has 124 valence electrons. The molecule has 0 amide bonds. The largest absolute Gasteiger partial charge is 0.337 e. The van der Waals surface area contributed by atoms with E-state index in [9.17, 15) is 0 Å². The molecule has 1 aliphatic rings. The van der Waals surface area contributed by atoms with Crippen LogP contribution in [0.5, 0.6) is 0 Å². The fourth-order valence-corrected chi connectivity index (χ4v) is 2.76. The van der Waals surface area contributed by atoms with Crippen molar-refractivity contribution in [1.29, 1.82) is 0 Å². The van der Waals surface area contributed by atoms with E-state index in [0.717, 1.165) is 24.1 Å². The monoisotopic (exact) mass is 331 g/mol. The molecule has 2 atom stereocenters. The molecule has 4 rings (SSSR count). The van der Waals surface area contributed by atoms with Crippen molar-refractivity contribution in [2.75, 3.05) is 6.54 Å². The van der Waals surface area contributed by atoms with E-state index in [2.05, 4.69) is 44.2 Å². The van der Waals surface area contributed by atoms with Crippen LogP contribution in [0.25, 0.3) is 11.5 Å². The fourth-order valence-electron chi connectivity index (χ4n) is 2.76. The zero-order chi connectivity index (χ0) is 17.1. The standard InChI is InChI=1S/C19H17N5O/c1-13-9-17(21-10-13)19-23-18(24-25-19)16-7-6-15(12-22-16)5-4-14-3-2-8-20-11-14/h2-3,6-8,11-13,17,21H,9-10H2,1H3. The van der Waals surface area contributed by atoms with Gasteiger partial charge >= 0.3 is 0 Å². The predicted molar refractivity (Wildman–Crippen MR) is 92.3 cm³/mol. The number of hydrogen-bond acceptors (Lipinski definition) is 6. The van der Waals surface area contributed by atoms with Crippen molar-refractivity contribution < 1.29 is 4.52 Å². The minimum Gasteiger partial charge on any atom is -0.337 e. The number of aromatic nitrogens is 4. The highest BCUT2D eigenvalue weighted by Crippen LogP contribution is 2.26. The Bertz CT molecular complexity index is 908. The Kier molecular flexibility index (Phi) is 4.23. The maximum Gasteiger partial charge on any atom is 0.244 e. The molecule has 25 heavy (non-hydrogen) atoms. The van der Waals surface area contributed by atoms with Crippen LogP contribution in [0.4, 0.5) is 0 Å². The van der Waals surface area contributed by atoms with Crippen LogP contribution in [0, 0.1) is 17.8 Å². The van der Waals surface area contributed by atoms with Crippen LogP contribution >= 0.6 is 0 Å². The van der Waals surface area contributed by atoms with E-state index in [1.807, 2.05) is 24.3 Å². The summed E-state index contributed by atoms with van der Waals surface area (Å²) in [5.74, 6) is 7.87. The predicted octanol–water partition coefficient (Wildman–Crippen LogP) is 2.60. The maximum absolute atomic E-state index is 5.39. The molecule has 0 radical (unpaired) electrons. The van der Waals surface area contributed by atoms with Gasteiger partial charge in [0, 0.05) is 29.7 Å². The lowest BCUT2D eigenvalue weighted by atomic mass is 10.1. The molecule has 6 nitrogen and oxygen atoms in total. The van der Waals surface area contributed by atoms with E-state index in [1.54, 1.807) is 18.6 Å². The first-order valence-electron chi connectivity index (χ1n) is 8.23. The molecule has 1 aliphatic heterocycles. The van der Waals surface area contributed by atoms with Crippen molar-refractivity contribution in [3.8, 4) is 23.4 Å². The lowest BCUT2D eigenvalue weighted by Gasteiger charge is -2.01. The Balaban J connectivity index is 1.49. The molecule has 0 aromatic carbocycles. The first kappa shape index (κ1) is 15.5. The normalized spacial score (nSPS) is 19.4. The molecule has 1 fully saturated rings. The van der Waals surface area contributed by atoms with Crippen molar-refractivity contribution in [2.45, 2.75) is 19.4 Å². The molecule has 0 aliphatic carbocycles. The number of rotatable bonds is 2. The summed E-state index contributed by atoms with van der Waals surface area (Å²) in [6.07, 6.45) is 6.18. The summed E-state index contributed by atoms with van der Waals surface area (Å²) in [5, 5.41) is 7.44. The third-order valence-electron chi connectivity index (χ3n) is 4.10. The van der Waals surface area contributed by atoms with Gasteiger partial charge in [-0.25, -0.2) is 0 Å². The molecular weight excluding hydrogens is 314 g/mol. The van der Waals surface area contributed by atoms with Gasteiger partial charge in [0.25, 0.3) is 0 Å². The van der Waals surface area contributed by atoms with Gasteiger partial charge in [-0.15, -0.1) is 0 Å². The first-order valence-corrected chi connectivity index (χ1v) is 8.23. The summed E-state index contributed by atoms with van der Waals surface area (Å²) in [7, 11) is 0. The van der Waals surface area contributed by atoms with Crippen LogP contribution in [-0.4, -0.2) is 26.7 Å². The van der Waals surface area contributed by atoms with Gasteiger partial charge in [0.1, 0.15) is 5.69 Å². The van der Waals surface area contributed by atoms with Crippen LogP contribution in [0.2, 0.25) is 0 Å². The molecule has 3 aromatic heterocycles. The summed E-state index contributed by atoms with van der Waals surface area (Å²) in [5.41, 5.74) is 2.36. The Hall–Kier alpha value is -3.04. The van der Waals surface area contributed by atoms with Crippen LogP contribution in [0.3, 0.4) is 0 Å². The second-order valence-corrected chi connectivity index (χ2v) is 6.18. The van der Waals surface area contributed by atoms with Gasteiger partial charge in [-0.2, -0.15) is 4.98 Å². The topological polar surface area (TPSA) is 76.7 Å². The third kappa shape index (κ3) is 3.57. The molecule has 3 aromatic rings. The van der Waals surface area contributed by atoms with Gasteiger partial charge in [-0.05, 0) is 43.1 Å². The van der Waals surface area contributed by atoms with Crippen LogP contribution < -0.4 is 5.32 Å². The zero-order valence-corrected chi connectivity index (χ0v) is 13.8. The second-order valence-electron chi connectivity index (χ2n) is 6.18. The van der Waals surface area contributed by atoms with Gasteiger partial charge < -0.3 is 9.84 Å². The highest BCUT2D eigenvalue weighted by Gasteiger charge is 2.27. The molecule has 0 spiro atoms. The van der Waals surface area contributed by atoms with Crippen molar-refractivity contribution in [3.05, 3.63) is 59.9 Å². The van der Waals surface area contributed by atoms with Gasteiger partial charge in [-0.1, -0.05) is 23.9 Å². The third-order valence-corrected chi connectivity index (χ3v) is 4.10. The van der Waals surface area contributed by atoms with E-state index in [0.29, 0.717) is 23.3 Å². The highest BCUT2D eigenvalue weighted by atomic mass is 16.5. The zero-order valence-electron chi connectivity index (χ0n) is 13.8. The van der Waals surface area contributed by atoms with Crippen LogP contribution in [0.1, 0.15) is 36.4 Å². The number of nitrogens with zero attached hydrogens (tertiary/aromatic N) is 4. The average molecular weight is 331 g/mol. The fraction of sp³-hybridized carbons (Fsp3) is 0.263. The van der Waals surface area contributed by atoms with Crippen LogP contribution in [0.15, 0.2) is 47.4 Å². The van der Waals surface area contributed by atoms with Crippen LogP contribution in [-0.2, 0) is 0 Å². The molecule has 4 heterocycles. The summed E-state index contributed by atoms with van der Waals surface area (Å²) in [6, 6.07) is 7.67. The summed E-state index contributed by atoms with van der Waals surface area (Å²) in [6.45, 7) is 3.18. The molecular formula is C19H17N5O. The molecule has 6 heteroatoms. The molecule has 2 unspecified atom stereocenters. The quantitative estimate of drug-likeness (QED) is 0.727. The average Bonchev–Trinajstić information content (AvgIpc) is 3.30. The van der Waals surface area contributed by atoms with Crippen molar-refractivity contribution >= 4 is 0 Å². The SMILES string of the molecule is CC1CNC(c2nc(-c3ccc(C#Cc4cccnc4)cn3)no2)C1. The number of nitrogens with one attached hydrogen (secondary N) is 1. The van der Waals surface area contributed by atoms with Gasteiger partial charge in [0.15, 0.2) is 0 Å². The van der Waals surface area contributed by atoms with Gasteiger partial charge in [-0.3, -0.25) is 9.97 Å². The van der Waals surface area contributed by atoms with Gasteiger partial charge in [0.2, 0.25) is 11.7 Å². The number of pyridine rings is 2. The van der Waals surface area contributed by atoms with Crippen molar-refractivity contribution in [1.82, 2.24) is 25.4 Å². The van der Waals surface area contributed by atoms with E-state index < -0.39 is 0 Å². The molecule has 0 saturated carbocycles. The van der Waals surface area contributed by atoms with E-state index in [1.165, 1.54) is 0 Å². The van der Waals surface area contributed by atoms with E-state index >= 15 is 0 Å². The molecule has 1 N–H and O–H groups in total. The number of hydrogen-bond donors (Lipinski definition) is 1. The van der Waals surface area contributed by atoms with Crippen molar-refractivity contribution in [2.24, 2.45) is 5.92 Å². The second kappa shape index (κ2) is 6.83. The lowest BCUT2D eigenvalue weighted by Crippen LogP contribution is -2.13. The Morgan fingerprint density at radius 1 is 1.16 bits per heavy atom. The summed E-state index contributed by atoms with van der Waals surface area (Å²) < 4.78 is 5.39. The summed E-state index contributed by atoms with van der Waals surface area (Å²) >= 11 is 0. The smallest absolute Gasteiger partial charge is 0.244 e.